The van der Waals surface area contributed by atoms with Crippen LogP contribution in [0.5, 0.6) is 11.5 Å². The van der Waals surface area contributed by atoms with Crippen LogP contribution in [0.15, 0.2) is 47.4 Å². The second-order valence-corrected chi connectivity index (χ2v) is 7.46. The van der Waals surface area contributed by atoms with Crippen molar-refractivity contribution in [2.24, 2.45) is 0 Å². The van der Waals surface area contributed by atoms with E-state index in [-0.39, 0.29) is 10.9 Å². The van der Waals surface area contributed by atoms with E-state index in [9.17, 15) is 8.42 Å². The highest BCUT2D eigenvalue weighted by atomic mass is 32.2. The lowest BCUT2D eigenvalue weighted by Gasteiger charge is -2.20. The molecule has 0 bridgehead atoms. The summed E-state index contributed by atoms with van der Waals surface area (Å²) >= 11 is 0. The maximum Gasteiger partial charge on any atom is 0.241 e. The van der Waals surface area contributed by atoms with Crippen molar-refractivity contribution < 1.29 is 17.9 Å². The second kappa shape index (κ2) is 6.83. The molecule has 0 radical (unpaired) electrons. The van der Waals surface area contributed by atoms with Gasteiger partial charge in [-0.15, -0.1) is 0 Å². The minimum atomic E-state index is -3.64. The Balaban J connectivity index is 1.79. The van der Waals surface area contributed by atoms with E-state index in [0.717, 1.165) is 12.0 Å². The highest BCUT2D eigenvalue weighted by Crippen LogP contribution is 2.32. The Morgan fingerprint density at radius 2 is 1.71 bits per heavy atom. The van der Waals surface area contributed by atoms with Gasteiger partial charge in [0.2, 0.25) is 10.0 Å². The predicted molar refractivity (Wildman–Crippen MR) is 92.0 cm³/mol. The van der Waals surface area contributed by atoms with E-state index in [2.05, 4.69) is 11.6 Å². The van der Waals surface area contributed by atoms with E-state index in [1.807, 2.05) is 31.2 Å². The van der Waals surface area contributed by atoms with Crippen molar-refractivity contribution in [3.05, 3.63) is 53.6 Å². The van der Waals surface area contributed by atoms with Crippen LogP contribution >= 0.6 is 0 Å². The van der Waals surface area contributed by atoms with Crippen LogP contribution in [0.4, 0.5) is 0 Å². The number of rotatable bonds is 5. The van der Waals surface area contributed by atoms with Gasteiger partial charge in [-0.05, 0) is 36.6 Å². The van der Waals surface area contributed by atoms with Crippen molar-refractivity contribution in [1.29, 1.82) is 0 Å². The number of fused-ring (bicyclic) bond motifs is 1. The van der Waals surface area contributed by atoms with Gasteiger partial charge in [-0.2, -0.15) is 0 Å². The molecule has 1 N–H and O–H groups in total. The fraction of sp³-hybridized carbons (Fsp3) is 0.333. The molecule has 1 heterocycles. The number of sulfonamides is 1. The molecule has 5 nitrogen and oxygen atoms in total. The van der Waals surface area contributed by atoms with Crippen molar-refractivity contribution >= 4 is 10.0 Å². The van der Waals surface area contributed by atoms with Crippen LogP contribution in [0.2, 0.25) is 0 Å². The monoisotopic (exact) mass is 347 g/mol. The Kier molecular flexibility index (Phi) is 4.78. The van der Waals surface area contributed by atoms with E-state index in [1.165, 1.54) is 17.7 Å². The van der Waals surface area contributed by atoms with Crippen LogP contribution in [-0.4, -0.2) is 21.6 Å². The van der Waals surface area contributed by atoms with Gasteiger partial charge < -0.3 is 9.47 Å². The van der Waals surface area contributed by atoms with Crippen LogP contribution in [0.1, 0.15) is 31.0 Å². The van der Waals surface area contributed by atoms with Gasteiger partial charge in [0.15, 0.2) is 11.5 Å². The molecule has 0 amide bonds. The molecule has 24 heavy (non-hydrogen) atoms. The third-order valence-corrected chi connectivity index (χ3v) is 5.58. The third-order valence-electron chi connectivity index (χ3n) is 4.04. The SMILES string of the molecule is CCc1ccc([C@@H](C)NS(=O)(=O)c2ccc3c(c2)OCCO3)cc1. The molecule has 3 rings (SSSR count). The van der Waals surface area contributed by atoms with Gasteiger partial charge in [0.25, 0.3) is 0 Å². The van der Waals surface area contributed by atoms with Crippen LogP contribution < -0.4 is 14.2 Å². The summed E-state index contributed by atoms with van der Waals surface area (Å²) in [5, 5.41) is 0. The molecule has 0 spiro atoms. The summed E-state index contributed by atoms with van der Waals surface area (Å²) in [5.74, 6) is 1.03. The van der Waals surface area contributed by atoms with Crippen molar-refractivity contribution in [1.82, 2.24) is 4.72 Å². The first-order chi connectivity index (χ1) is 11.5. The van der Waals surface area contributed by atoms with Gasteiger partial charge in [0.1, 0.15) is 13.2 Å². The van der Waals surface area contributed by atoms with Crippen LogP contribution in [0, 0.1) is 0 Å². The number of hydrogen-bond acceptors (Lipinski definition) is 4. The zero-order chi connectivity index (χ0) is 17.2. The molecule has 6 heteroatoms. The normalized spacial score (nSPS) is 15.1. The van der Waals surface area contributed by atoms with Crippen molar-refractivity contribution in [3.63, 3.8) is 0 Å². The Hall–Kier alpha value is -2.05. The fourth-order valence-corrected chi connectivity index (χ4v) is 3.85. The quantitative estimate of drug-likeness (QED) is 0.903. The van der Waals surface area contributed by atoms with Gasteiger partial charge in [-0.25, -0.2) is 13.1 Å². The van der Waals surface area contributed by atoms with Crippen molar-refractivity contribution in [2.75, 3.05) is 13.2 Å². The molecule has 1 aliphatic rings. The zero-order valence-electron chi connectivity index (χ0n) is 13.8. The Morgan fingerprint density at radius 1 is 1.04 bits per heavy atom. The average molecular weight is 347 g/mol. The first kappa shape index (κ1) is 16.8. The van der Waals surface area contributed by atoms with Crippen molar-refractivity contribution in [3.8, 4) is 11.5 Å². The third kappa shape index (κ3) is 3.55. The molecule has 0 unspecified atom stereocenters. The molecular formula is C18H21NO4S. The molecule has 0 aromatic heterocycles. The Bertz CT molecular complexity index is 815. The average Bonchev–Trinajstić information content (AvgIpc) is 2.61. The maximum atomic E-state index is 12.6. The van der Waals surface area contributed by atoms with Gasteiger partial charge in [0, 0.05) is 12.1 Å². The van der Waals surface area contributed by atoms with Gasteiger partial charge in [-0.3, -0.25) is 0 Å². The topological polar surface area (TPSA) is 64.6 Å². The molecule has 0 saturated carbocycles. The molecule has 1 aliphatic heterocycles. The summed E-state index contributed by atoms with van der Waals surface area (Å²) in [4.78, 5) is 0.170. The Morgan fingerprint density at radius 3 is 2.38 bits per heavy atom. The summed E-state index contributed by atoms with van der Waals surface area (Å²) in [6.07, 6.45) is 0.956. The lowest BCUT2D eigenvalue weighted by Crippen LogP contribution is -2.27. The highest BCUT2D eigenvalue weighted by Gasteiger charge is 2.21. The largest absolute Gasteiger partial charge is 0.486 e. The van der Waals surface area contributed by atoms with Crippen LogP contribution in [0.3, 0.4) is 0 Å². The molecule has 0 saturated heterocycles. The zero-order valence-corrected chi connectivity index (χ0v) is 14.6. The number of ether oxygens (including phenoxy) is 2. The summed E-state index contributed by atoms with van der Waals surface area (Å²) in [5.41, 5.74) is 2.15. The number of hydrogen-bond donors (Lipinski definition) is 1. The van der Waals surface area contributed by atoms with Crippen LogP contribution in [0.25, 0.3) is 0 Å². The first-order valence-electron chi connectivity index (χ1n) is 8.00. The molecule has 2 aromatic carbocycles. The van der Waals surface area contributed by atoms with Gasteiger partial charge >= 0.3 is 0 Å². The highest BCUT2D eigenvalue weighted by molar-refractivity contribution is 7.89. The predicted octanol–water partition coefficient (Wildman–Crippen LogP) is 3.06. The van der Waals surface area contributed by atoms with Gasteiger partial charge in [0.05, 0.1) is 4.90 Å². The minimum absolute atomic E-state index is 0.170. The molecule has 1 atom stereocenters. The summed E-state index contributed by atoms with van der Waals surface area (Å²) < 4.78 is 38.8. The van der Waals surface area contributed by atoms with E-state index in [0.29, 0.717) is 24.7 Å². The van der Waals surface area contributed by atoms with E-state index in [4.69, 9.17) is 9.47 Å². The van der Waals surface area contributed by atoms with Crippen molar-refractivity contribution in [2.45, 2.75) is 31.2 Å². The molecular weight excluding hydrogens is 326 g/mol. The maximum absolute atomic E-state index is 12.6. The summed E-state index contributed by atoms with van der Waals surface area (Å²) in [6.45, 7) is 4.81. The van der Waals surface area contributed by atoms with E-state index in [1.54, 1.807) is 6.07 Å². The second-order valence-electron chi connectivity index (χ2n) is 5.74. The minimum Gasteiger partial charge on any atom is -0.486 e. The lowest BCUT2D eigenvalue weighted by atomic mass is 10.1. The van der Waals surface area contributed by atoms with Crippen LogP contribution in [-0.2, 0) is 16.4 Å². The van der Waals surface area contributed by atoms with Gasteiger partial charge in [-0.1, -0.05) is 31.2 Å². The number of aryl methyl sites for hydroxylation is 1. The Labute approximate surface area is 142 Å². The molecule has 0 fully saturated rings. The fourth-order valence-electron chi connectivity index (χ4n) is 2.60. The smallest absolute Gasteiger partial charge is 0.241 e. The molecule has 2 aromatic rings. The molecule has 128 valence electrons. The summed E-state index contributed by atoms with van der Waals surface area (Å²) in [6, 6.07) is 12.3. The molecule has 0 aliphatic carbocycles. The van der Waals surface area contributed by atoms with E-state index < -0.39 is 10.0 Å². The first-order valence-corrected chi connectivity index (χ1v) is 9.49. The number of benzene rings is 2. The number of nitrogens with one attached hydrogen (secondary N) is 1. The lowest BCUT2D eigenvalue weighted by molar-refractivity contribution is 0.171. The standard InChI is InChI=1S/C18H21NO4S/c1-3-14-4-6-15(7-5-14)13(2)19-24(20,21)16-8-9-17-18(12-16)23-11-10-22-17/h4-9,12-13,19H,3,10-11H2,1-2H3/t13-/m1/s1. The summed E-state index contributed by atoms with van der Waals surface area (Å²) in [7, 11) is -3.64. The van der Waals surface area contributed by atoms with E-state index >= 15 is 0 Å².